The van der Waals surface area contributed by atoms with Gasteiger partial charge in [0.15, 0.2) is 0 Å². The predicted molar refractivity (Wildman–Crippen MR) is 96.0 cm³/mol. The molecule has 2 rings (SSSR count). The molecular formula is C19H20N2O5. The van der Waals surface area contributed by atoms with Gasteiger partial charge in [-0.2, -0.15) is 0 Å². The van der Waals surface area contributed by atoms with Crippen LogP contribution in [0.2, 0.25) is 0 Å². The van der Waals surface area contributed by atoms with Crippen LogP contribution in [0.1, 0.15) is 27.0 Å². The SMILES string of the molecule is COC(=O)[C@@H](Cc1ccc(C)c(C)c1)NC(=O)c1cccc([N+](=O)[O-])c1. The molecule has 0 saturated carbocycles. The quantitative estimate of drug-likeness (QED) is 0.487. The van der Waals surface area contributed by atoms with Crippen molar-refractivity contribution in [3.63, 3.8) is 0 Å². The van der Waals surface area contributed by atoms with Gasteiger partial charge in [-0.1, -0.05) is 24.3 Å². The number of methoxy groups -OCH3 is 1. The summed E-state index contributed by atoms with van der Waals surface area (Å²) in [4.78, 5) is 34.8. The number of carbonyl (C=O) groups is 2. The molecule has 2 aromatic carbocycles. The molecule has 0 aromatic heterocycles. The standard InChI is InChI=1S/C19H20N2O5/c1-12-7-8-14(9-13(12)2)10-17(19(23)26-3)20-18(22)15-5-4-6-16(11-15)21(24)25/h4-9,11,17H,10H2,1-3H3,(H,20,22)/t17-/m1/s1. The van der Waals surface area contributed by atoms with E-state index in [1.165, 1.54) is 31.4 Å². The molecule has 0 bridgehead atoms. The van der Waals surface area contributed by atoms with Gasteiger partial charge in [-0.3, -0.25) is 14.9 Å². The number of nitrogens with one attached hydrogen (secondary N) is 1. The number of amides is 1. The molecule has 0 heterocycles. The molecule has 1 amide bonds. The fourth-order valence-corrected chi connectivity index (χ4v) is 2.50. The molecule has 1 atom stereocenters. The van der Waals surface area contributed by atoms with E-state index in [4.69, 9.17) is 4.74 Å². The van der Waals surface area contributed by atoms with E-state index < -0.39 is 22.8 Å². The maximum absolute atomic E-state index is 12.4. The lowest BCUT2D eigenvalue weighted by Gasteiger charge is -2.17. The number of hydrogen-bond donors (Lipinski definition) is 1. The Morgan fingerprint density at radius 3 is 2.50 bits per heavy atom. The highest BCUT2D eigenvalue weighted by Gasteiger charge is 2.23. The minimum Gasteiger partial charge on any atom is -0.467 e. The van der Waals surface area contributed by atoms with Crippen molar-refractivity contribution in [1.82, 2.24) is 5.32 Å². The third-order valence-corrected chi connectivity index (χ3v) is 4.12. The van der Waals surface area contributed by atoms with Crippen molar-refractivity contribution in [2.24, 2.45) is 0 Å². The first-order valence-electron chi connectivity index (χ1n) is 8.01. The van der Waals surface area contributed by atoms with Crippen molar-refractivity contribution in [1.29, 1.82) is 0 Å². The van der Waals surface area contributed by atoms with E-state index in [9.17, 15) is 19.7 Å². The lowest BCUT2D eigenvalue weighted by Crippen LogP contribution is -2.43. The number of aryl methyl sites for hydroxylation is 2. The first-order valence-corrected chi connectivity index (χ1v) is 8.01. The van der Waals surface area contributed by atoms with Gasteiger partial charge in [0.2, 0.25) is 0 Å². The molecule has 7 heteroatoms. The summed E-state index contributed by atoms with van der Waals surface area (Å²) < 4.78 is 4.78. The van der Waals surface area contributed by atoms with E-state index in [0.29, 0.717) is 0 Å². The molecule has 0 spiro atoms. The van der Waals surface area contributed by atoms with Gasteiger partial charge >= 0.3 is 5.97 Å². The maximum atomic E-state index is 12.4. The molecular weight excluding hydrogens is 336 g/mol. The van der Waals surface area contributed by atoms with Gasteiger partial charge in [-0.25, -0.2) is 4.79 Å². The first-order chi connectivity index (χ1) is 12.3. The van der Waals surface area contributed by atoms with Crippen LogP contribution in [0.4, 0.5) is 5.69 Å². The van der Waals surface area contributed by atoms with Crippen molar-refractivity contribution in [2.45, 2.75) is 26.3 Å². The fraction of sp³-hybridized carbons (Fsp3) is 0.263. The zero-order valence-electron chi connectivity index (χ0n) is 14.8. The maximum Gasteiger partial charge on any atom is 0.328 e. The zero-order chi connectivity index (χ0) is 19.3. The number of nitrogens with zero attached hydrogens (tertiary/aromatic N) is 1. The van der Waals surface area contributed by atoms with E-state index in [1.54, 1.807) is 0 Å². The van der Waals surface area contributed by atoms with Crippen LogP contribution in [0.5, 0.6) is 0 Å². The molecule has 0 saturated heterocycles. The Labute approximate surface area is 151 Å². The average Bonchev–Trinajstić information content (AvgIpc) is 2.63. The summed E-state index contributed by atoms with van der Waals surface area (Å²) in [5.74, 6) is -1.16. The van der Waals surface area contributed by atoms with Crippen LogP contribution in [-0.2, 0) is 16.0 Å². The number of carbonyl (C=O) groups excluding carboxylic acids is 2. The monoisotopic (exact) mass is 356 g/mol. The largest absolute Gasteiger partial charge is 0.467 e. The number of nitro benzene ring substituents is 1. The third-order valence-electron chi connectivity index (χ3n) is 4.12. The van der Waals surface area contributed by atoms with Crippen molar-refractivity contribution >= 4 is 17.6 Å². The molecule has 26 heavy (non-hydrogen) atoms. The molecule has 136 valence electrons. The van der Waals surface area contributed by atoms with Crippen molar-refractivity contribution in [3.8, 4) is 0 Å². The summed E-state index contributed by atoms with van der Waals surface area (Å²) in [5.41, 5.74) is 3.00. The van der Waals surface area contributed by atoms with Crippen LogP contribution >= 0.6 is 0 Å². The van der Waals surface area contributed by atoms with E-state index >= 15 is 0 Å². The van der Waals surface area contributed by atoms with Gasteiger partial charge in [-0.15, -0.1) is 0 Å². The molecule has 7 nitrogen and oxygen atoms in total. The Morgan fingerprint density at radius 2 is 1.88 bits per heavy atom. The molecule has 0 unspecified atom stereocenters. The lowest BCUT2D eigenvalue weighted by atomic mass is 10.0. The summed E-state index contributed by atoms with van der Waals surface area (Å²) in [5, 5.41) is 13.4. The van der Waals surface area contributed by atoms with Gasteiger partial charge in [0.1, 0.15) is 6.04 Å². The minimum absolute atomic E-state index is 0.105. The second-order valence-electron chi connectivity index (χ2n) is 5.98. The summed E-state index contributed by atoms with van der Waals surface area (Å²) >= 11 is 0. The fourth-order valence-electron chi connectivity index (χ4n) is 2.50. The molecule has 0 aliphatic heterocycles. The molecule has 1 N–H and O–H groups in total. The van der Waals surface area contributed by atoms with Gasteiger partial charge in [0, 0.05) is 24.1 Å². The van der Waals surface area contributed by atoms with Gasteiger partial charge in [0.25, 0.3) is 11.6 Å². The molecule has 0 radical (unpaired) electrons. The Balaban J connectivity index is 2.20. The normalized spacial score (nSPS) is 11.5. The molecule has 0 fully saturated rings. The van der Waals surface area contributed by atoms with Gasteiger partial charge in [-0.05, 0) is 36.6 Å². The third kappa shape index (κ3) is 4.66. The Hall–Kier alpha value is -3.22. The highest BCUT2D eigenvalue weighted by Crippen LogP contribution is 2.15. The smallest absolute Gasteiger partial charge is 0.328 e. The highest BCUT2D eigenvalue weighted by molar-refractivity contribution is 5.97. The van der Waals surface area contributed by atoms with Crippen molar-refractivity contribution < 1.29 is 19.2 Å². The second-order valence-corrected chi connectivity index (χ2v) is 5.98. The average molecular weight is 356 g/mol. The summed E-state index contributed by atoms with van der Waals surface area (Å²) in [6.07, 6.45) is 0.258. The zero-order valence-corrected chi connectivity index (χ0v) is 14.8. The number of esters is 1. The van der Waals surface area contributed by atoms with E-state index in [0.717, 1.165) is 16.7 Å². The lowest BCUT2D eigenvalue weighted by molar-refractivity contribution is -0.384. The Morgan fingerprint density at radius 1 is 1.15 bits per heavy atom. The Bertz CT molecular complexity index is 848. The molecule has 2 aromatic rings. The molecule has 0 aliphatic carbocycles. The van der Waals surface area contributed by atoms with Gasteiger partial charge < -0.3 is 10.1 Å². The van der Waals surface area contributed by atoms with E-state index in [1.807, 2.05) is 32.0 Å². The van der Waals surface area contributed by atoms with Crippen molar-refractivity contribution in [2.75, 3.05) is 7.11 Å². The summed E-state index contributed by atoms with van der Waals surface area (Å²) in [7, 11) is 1.25. The minimum atomic E-state index is -0.895. The van der Waals surface area contributed by atoms with E-state index in [2.05, 4.69) is 5.32 Å². The van der Waals surface area contributed by atoms with Crippen LogP contribution in [0, 0.1) is 24.0 Å². The van der Waals surface area contributed by atoms with Crippen molar-refractivity contribution in [3.05, 3.63) is 74.8 Å². The highest BCUT2D eigenvalue weighted by atomic mass is 16.6. The predicted octanol–water partition coefficient (Wildman–Crippen LogP) is 2.73. The number of ether oxygens (including phenoxy) is 1. The number of benzene rings is 2. The Kier molecular flexibility index (Phi) is 6.06. The number of nitro groups is 1. The summed E-state index contributed by atoms with van der Waals surface area (Å²) in [6.45, 7) is 3.95. The van der Waals surface area contributed by atoms with Crippen LogP contribution < -0.4 is 5.32 Å². The van der Waals surface area contributed by atoms with E-state index in [-0.39, 0.29) is 17.7 Å². The number of rotatable bonds is 6. The number of non-ortho nitro benzene ring substituents is 1. The van der Waals surface area contributed by atoms with Crippen LogP contribution in [0.25, 0.3) is 0 Å². The summed E-state index contributed by atoms with van der Waals surface area (Å²) in [6, 6.07) is 10.2. The number of hydrogen-bond acceptors (Lipinski definition) is 5. The van der Waals surface area contributed by atoms with Crippen LogP contribution in [0.15, 0.2) is 42.5 Å². The molecule has 0 aliphatic rings. The van der Waals surface area contributed by atoms with Crippen LogP contribution in [0.3, 0.4) is 0 Å². The topological polar surface area (TPSA) is 98.5 Å². The van der Waals surface area contributed by atoms with Crippen LogP contribution in [-0.4, -0.2) is 30.0 Å². The van der Waals surface area contributed by atoms with Gasteiger partial charge in [0.05, 0.1) is 12.0 Å². The first kappa shape index (κ1) is 19.1. The second kappa shape index (κ2) is 8.24.